The van der Waals surface area contributed by atoms with Crippen molar-refractivity contribution in [3.8, 4) is 0 Å². The van der Waals surface area contributed by atoms with E-state index in [9.17, 15) is 14.4 Å². The molecule has 1 aromatic carbocycles. The molecule has 3 atom stereocenters. The Balaban J connectivity index is 1.28. The second kappa shape index (κ2) is 8.55. The van der Waals surface area contributed by atoms with Crippen LogP contribution in [0, 0.1) is 5.92 Å². The van der Waals surface area contributed by atoms with Crippen molar-refractivity contribution in [2.24, 2.45) is 5.92 Å². The number of hydrogen-bond donors (Lipinski definition) is 1. The lowest BCUT2D eigenvalue weighted by molar-refractivity contribution is -0.155. The zero-order valence-corrected chi connectivity index (χ0v) is 16.7. The molecule has 7 heteroatoms. The minimum Gasteiger partial charge on any atom is -0.456 e. The molecular formula is C21H26N2O4S. The van der Waals surface area contributed by atoms with Crippen LogP contribution >= 0.6 is 11.8 Å². The number of anilines is 1. The third-order valence-corrected chi connectivity index (χ3v) is 7.25. The summed E-state index contributed by atoms with van der Waals surface area (Å²) < 4.78 is 5.25. The number of rotatable bonds is 4. The van der Waals surface area contributed by atoms with Gasteiger partial charge in [-0.3, -0.25) is 14.4 Å². The maximum absolute atomic E-state index is 12.6. The highest BCUT2D eigenvalue weighted by molar-refractivity contribution is 8.01. The van der Waals surface area contributed by atoms with E-state index in [0.717, 1.165) is 30.0 Å². The van der Waals surface area contributed by atoms with Crippen molar-refractivity contribution in [1.29, 1.82) is 0 Å². The minimum absolute atomic E-state index is 0.0375. The normalized spacial score (nSPS) is 26.6. The molecule has 0 radical (unpaired) electrons. The lowest BCUT2D eigenvalue weighted by Gasteiger charge is -2.44. The van der Waals surface area contributed by atoms with Crippen molar-refractivity contribution < 1.29 is 19.1 Å². The number of nitrogens with zero attached hydrogens (tertiary/aromatic N) is 1. The van der Waals surface area contributed by atoms with Gasteiger partial charge < -0.3 is 15.0 Å². The molecule has 2 fully saturated rings. The smallest absolute Gasteiger partial charge is 0.307 e. The quantitative estimate of drug-likeness (QED) is 0.783. The number of ether oxygens (including phenoxy) is 1. The fourth-order valence-electron chi connectivity index (χ4n) is 4.60. The first-order valence-corrected chi connectivity index (χ1v) is 11.0. The molecule has 2 heterocycles. The molecule has 6 nitrogen and oxygen atoms in total. The Labute approximate surface area is 169 Å². The molecule has 1 aromatic rings. The maximum atomic E-state index is 12.6. The summed E-state index contributed by atoms with van der Waals surface area (Å²) in [6, 6.07) is 7.82. The summed E-state index contributed by atoms with van der Waals surface area (Å²) in [5, 5.41) is 2.29. The van der Waals surface area contributed by atoms with E-state index in [-0.39, 0.29) is 24.8 Å². The summed E-state index contributed by atoms with van der Waals surface area (Å²) in [4.78, 5) is 40.0. The van der Waals surface area contributed by atoms with E-state index in [1.54, 1.807) is 0 Å². The molecule has 0 bridgehead atoms. The van der Waals surface area contributed by atoms with Crippen LogP contribution in [0.4, 0.5) is 5.69 Å². The fourth-order valence-corrected chi connectivity index (χ4v) is 5.69. The molecule has 1 saturated heterocycles. The Morgan fingerprint density at radius 3 is 2.82 bits per heavy atom. The van der Waals surface area contributed by atoms with Crippen molar-refractivity contribution >= 4 is 35.2 Å². The van der Waals surface area contributed by atoms with E-state index in [0.29, 0.717) is 12.0 Å². The minimum atomic E-state index is -0.532. The molecular weight excluding hydrogens is 376 g/mol. The number of amides is 2. The number of benzene rings is 1. The van der Waals surface area contributed by atoms with E-state index >= 15 is 0 Å². The molecule has 28 heavy (non-hydrogen) atoms. The van der Waals surface area contributed by atoms with Crippen LogP contribution in [0.15, 0.2) is 29.2 Å². The predicted octanol–water partition coefficient (Wildman–Crippen LogP) is 3.21. The van der Waals surface area contributed by atoms with Gasteiger partial charge in [-0.1, -0.05) is 25.0 Å². The van der Waals surface area contributed by atoms with Crippen LogP contribution in [0.5, 0.6) is 0 Å². The summed E-state index contributed by atoms with van der Waals surface area (Å²) in [7, 11) is 0. The number of likely N-dealkylation sites (tertiary alicyclic amines) is 1. The number of nitrogens with one attached hydrogen (secondary N) is 1. The number of para-hydroxylation sites is 1. The first kappa shape index (κ1) is 19.3. The van der Waals surface area contributed by atoms with Gasteiger partial charge in [-0.05, 0) is 43.7 Å². The highest BCUT2D eigenvalue weighted by atomic mass is 32.2. The summed E-state index contributed by atoms with van der Waals surface area (Å²) in [6.45, 7) is 0.535. The van der Waals surface area contributed by atoms with E-state index in [4.69, 9.17) is 4.74 Å². The zero-order valence-electron chi connectivity index (χ0n) is 15.9. The van der Waals surface area contributed by atoms with Crippen molar-refractivity contribution in [2.45, 2.75) is 61.1 Å². The monoisotopic (exact) mass is 402 g/mol. The highest BCUT2D eigenvalue weighted by Crippen LogP contribution is 2.37. The van der Waals surface area contributed by atoms with Crippen LogP contribution in [0.1, 0.15) is 44.9 Å². The standard InChI is InChI=1S/C21H26N2O4S/c24-19(23-11-5-7-14-6-1-3-9-16(14)23)13-27-20(25)12-18-21(26)22-15-8-2-4-10-17(15)28-18/h2,4,8,10,14,16,18H,1,3,5-7,9,11-13H2,(H,22,26)/t14-,16+,18+/m1/s1. The molecule has 0 spiro atoms. The molecule has 4 rings (SSSR count). The molecule has 2 aliphatic heterocycles. The second-order valence-corrected chi connectivity index (χ2v) is 9.04. The lowest BCUT2D eigenvalue weighted by Crippen LogP contribution is -2.51. The van der Waals surface area contributed by atoms with E-state index in [1.165, 1.54) is 37.4 Å². The fraction of sp³-hybridized carbons (Fsp3) is 0.571. The van der Waals surface area contributed by atoms with Gasteiger partial charge in [0.1, 0.15) is 0 Å². The molecule has 150 valence electrons. The van der Waals surface area contributed by atoms with Gasteiger partial charge in [0.25, 0.3) is 5.91 Å². The first-order valence-electron chi connectivity index (χ1n) is 10.1. The Hall–Kier alpha value is -2.02. The lowest BCUT2D eigenvalue weighted by atomic mass is 9.78. The number of thioether (sulfide) groups is 1. The molecule has 3 aliphatic rings. The van der Waals surface area contributed by atoms with Crippen molar-refractivity contribution in [3.05, 3.63) is 24.3 Å². The van der Waals surface area contributed by atoms with Crippen molar-refractivity contribution in [3.63, 3.8) is 0 Å². The highest BCUT2D eigenvalue weighted by Gasteiger charge is 2.36. The van der Waals surface area contributed by atoms with Crippen LogP contribution in [-0.2, 0) is 19.1 Å². The van der Waals surface area contributed by atoms with E-state index in [1.807, 2.05) is 29.2 Å². The zero-order chi connectivity index (χ0) is 19.5. The van der Waals surface area contributed by atoms with Crippen LogP contribution in [-0.4, -0.2) is 47.1 Å². The average molecular weight is 403 g/mol. The SMILES string of the molecule is O=C(C[C@@H]1Sc2ccccc2NC1=O)OCC(=O)N1CCC[C@H]2CCCC[C@@H]21. The Morgan fingerprint density at radius 2 is 1.93 bits per heavy atom. The van der Waals surface area contributed by atoms with Gasteiger partial charge in [0, 0.05) is 17.5 Å². The predicted molar refractivity (Wildman–Crippen MR) is 107 cm³/mol. The number of fused-ring (bicyclic) bond motifs is 2. The number of esters is 1. The van der Waals surface area contributed by atoms with Crippen molar-refractivity contribution in [1.82, 2.24) is 4.90 Å². The van der Waals surface area contributed by atoms with Gasteiger partial charge in [-0.2, -0.15) is 0 Å². The summed E-state index contributed by atoms with van der Waals surface area (Å²) >= 11 is 1.36. The topological polar surface area (TPSA) is 75.7 Å². The van der Waals surface area contributed by atoms with Gasteiger partial charge in [0.05, 0.1) is 17.4 Å². The Kier molecular flexibility index (Phi) is 5.90. The third-order valence-electron chi connectivity index (χ3n) is 5.98. The molecule has 0 unspecified atom stereocenters. The number of carbonyl (C=O) groups is 3. The number of carbonyl (C=O) groups excluding carboxylic acids is 3. The van der Waals surface area contributed by atoms with Crippen LogP contribution < -0.4 is 5.32 Å². The third kappa shape index (κ3) is 4.19. The second-order valence-electron chi connectivity index (χ2n) is 7.80. The van der Waals surface area contributed by atoms with Crippen molar-refractivity contribution in [2.75, 3.05) is 18.5 Å². The molecule has 2 amide bonds. The largest absolute Gasteiger partial charge is 0.456 e. The molecule has 1 aliphatic carbocycles. The van der Waals surface area contributed by atoms with Gasteiger partial charge in [-0.15, -0.1) is 11.8 Å². The van der Waals surface area contributed by atoms with Gasteiger partial charge >= 0.3 is 5.97 Å². The average Bonchev–Trinajstić information content (AvgIpc) is 2.72. The maximum Gasteiger partial charge on any atom is 0.307 e. The summed E-state index contributed by atoms with van der Waals surface area (Å²) in [5.41, 5.74) is 0.768. The summed E-state index contributed by atoms with van der Waals surface area (Å²) in [6.07, 6.45) is 6.86. The number of hydrogen-bond acceptors (Lipinski definition) is 5. The first-order chi connectivity index (χ1) is 13.6. The van der Waals surface area contributed by atoms with E-state index < -0.39 is 11.2 Å². The van der Waals surface area contributed by atoms with Gasteiger partial charge in [0.15, 0.2) is 6.61 Å². The van der Waals surface area contributed by atoms with Crippen LogP contribution in [0.2, 0.25) is 0 Å². The van der Waals surface area contributed by atoms with Crippen LogP contribution in [0.3, 0.4) is 0 Å². The van der Waals surface area contributed by atoms with Gasteiger partial charge in [0.2, 0.25) is 5.91 Å². The summed E-state index contributed by atoms with van der Waals surface area (Å²) in [5.74, 6) is -0.203. The Bertz CT molecular complexity index is 767. The molecule has 1 N–H and O–H groups in total. The Morgan fingerprint density at radius 1 is 1.14 bits per heavy atom. The van der Waals surface area contributed by atoms with Crippen LogP contribution in [0.25, 0.3) is 0 Å². The van der Waals surface area contributed by atoms with E-state index in [2.05, 4.69) is 5.32 Å². The number of piperidine rings is 1. The molecule has 0 aromatic heterocycles. The van der Waals surface area contributed by atoms with Gasteiger partial charge in [-0.25, -0.2) is 0 Å². The molecule has 1 saturated carbocycles.